The fraction of sp³-hybridized carbons (Fsp3) is 0.125. The van der Waals surface area contributed by atoms with Gasteiger partial charge in [0.15, 0.2) is 0 Å². The van der Waals surface area contributed by atoms with Crippen molar-refractivity contribution in [2.24, 2.45) is 0 Å². The van der Waals surface area contributed by atoms with Crippen LogP contribution in [0.15, 0.2) is 51.7 Å². The number of hydrogen-bond acceptors (Lipinski definition) is 6. The van der Waals surface area contributed by atoms with Gasteiger partial charge in [0.25, 0.3) is 5.89 Å². The van der Waals surface area contributed by atoms with Crippen molar-refractivity contribution in [3.8, 4) is 11.4 Å². The van der Waals surface area contributed by atoms with Crippen LogP contribution in [0, 0.1) is 0 Å². The largest absolute Gasteiger partial charge is 0.364 e. The van der Waals surface area contributed by atoms with Gasteiger partial charge in [-0.1, -0.05) is 45.4 Å². The standard InChI is InChI=1S/C16H12BrN5O2/c17-13-6-11(5-10-3-1-2-4-12(10)13)16-20-15(24-22-16)8-23-7-14-18-9-19-21-14/h1-6,9H,7-8H2,(H,18,19,21). The van der Waals surface area contributed by atoms with Gasteiger partial charge in [-0.05, 0) is 22.9 Å². The molecule has 1 N–H and O–H groups in total. The van der Waals surface area contributed by atoms with E-state index in [9.17, 15) is 0 Å². The highest BCUT2D eigenvalue weighted by molar-refractivity contribution is 9.10. The van der Waals surface area contributed by atoms with Gasteiger partial charge < -0.3 is 9.26 Å². The Morgan fingerprint density at radius 1 is 1.17 bits per heavy atom. The van der Waals surface area contributed by atoms with Crippen LogP contribution in [0.3, 0.4) is 0 Å². The van der Waals surface area contributed by atoms with E-state index < -0.39 is 0 Å². The summed E-state index contributed by atoms with van der Waals surface area (Å²) in [6.45, 7) is 0.516. The monoisotopic (exact) mass is 385 g/mol. The predicted molar refractivity (Wildman–Crippen MR) is 89.8 cm³/mol. The Morgan fingerprint density at radius 2 is 2.08 bits per heavy atom. The highest BCUT2D eigenvalue weighted by Gasteiger charge is 2.11. The van der Waals surface area contributed by atoms with E-state index in [0.29, 0.717) is 24.1 Å². The second-order valence-electron chi connectivity index (χ2n) is 5.12. The third-order valence-electron chi connectivity index (χ3n) is 3.47. The maximum absolute atomic E-state index is 5.47. The molecule has 0 radical (unpaired) electrons. The molecule has 0 unspecified atom stereocenters. The van der Waals surface area contributed by atoms with E-state index in [-0.39, 0.29) is 6.61 Å². The number of ether oxygens (including phenoxy) is 1. The number of nitrogens with one attached hydrogen (secondary N) is 1. The van der Waals surface area contributed by atoms with Gasteiger partial charge in [-0.15, -0.1) is 0 Å². The molecule has 0 saturated heterocycles. The molecule has 7 nitrogen and oxygen atoms in total. The summed E-state index contributed by atoms with van der Waals surface area (Å²) in [6, 6.07) is 12.1. The van der Waals surface area contributed by atoms with Crippen molar-refractivity contribution in [3.63, 3.8) is 0 Å². The van der Waals surface area contributed by atoms with E-state index in [0.717, 1.165) is 20.8 Å². The molecule has 8 heteroatoms. The topological polar surface area (TPSA) is 89.7 Å². The van der Waals surface area contributed by atoms with Crippen LogP contribution in [-0.4, -0.2) is 25.3 Å². The summed E-state index contributed by atoms with van der Waals surface area (Å²) in [5, 5.41) is 12.7. The zero-order chi connectivity index (χ0) is 16.4. The molecule has 120 valence electrons. The molecule has 0 bridgehead atoms. The number of hydrogen-bond donors (Lipinski definition) is 1. The van der Waals surface area contributed by atoms with Crippen molar-refractivity contribution in [1.82, 2.24) is 25.3 Å². The lowest BCUT2D eigenvalue weighted by atomic mass is 10.1. The zero-order valence-corrected chi connectivity index (χ0v) is 14.0. The molecular weight excluding hydrogens is 374 g/mol. The molecule has 0 aliphatic heterocycles. The average molecular weight is 386 g/mol. The SMILES string of the molecule is Brc1cc(-c2noc(COCc3ncn[nH]3)n2)cc2ccccc12. The van der Waals surface area contributed by atoms with Gasteiger partial charge in [-0.25, -0.2) is 4.98 Å². The lowest BCUT2D eigenvalue weighted by Crippen LogP contribution is -1.96. The molecule has 4 rings (SSSR count). The van der Waals surface area contributed by atoms with E-state index in [2.05, 4.69) is 47.3 Å². The summed E-state index contributed by atoms with van der Waals surface area (Å²) < 4.78 is 11.7. The molecule has 4 aromatic rings. The Kier molecular flexibility index (Phi) is 4.06. The van der Waals surface area contributed by atoms with Gasteiger partial charge in [0.1, 0.15) is 25.4 Å². The molecule has 0 aliphatic rings. The second-order valence-corrected chi connectivity index (χ2v) is 5.97. The minimum Gasteiger partial charge on any atom is -0.364 e. The third-order valence-corrected chi connectivity index (χ3v) is 4.12. The van der Waals surface area contributed by atoms with Crippen LogP contribution < -0.4 is 0 Å². The van der Waals surface area contributed by atoms with E-state index in [1.54, 1.807) is 0 Å². The van der Waals surface area contributed by atoms with E-state index in [4.69, 9.17) is 9.26 Å². The van der Waals surface area contributed by atoms with Gasteiger partial charge in [-0.2, -0.15) is 10.1 Å². The fourth-order valence-corrected chi connectivity index (χ4v) is 2.97. The van der Waals surface area contributed by atoms with Crippen molar-refractivity contribution in [2.75, 3.05) is 0 Å². The molecule has 2 aromatic carbocycles. The second kappa shape index (κ2) is 6.50. The molecule has 24 heavy (non-hydrogen) atoms. The van der Waals surface area contributed by atoms with Crippen molar-refractivity contribution < 1.29 is 9.26 Å². The first-order chi connectivity index (χ1) is 11.8. The number of aromatic amines is 1. The highest BCUT2D eigenvalue weighted by Crippen LogP contribution is 2.29. The smallest absolute Gasteiger partial charge is 0.252 e. The third kappa shape index (κ3) is 3.06. The summed E-state index contributed by atoms with van der Waals surface area (Å²) in [6.07, 6.45) is 1.43. The van der Waals surface area contributed by atoms with Crippen molar-refractivity contribution in [1.29, 1.82) is 0 Å². The lowest BCUT2D eigenvalue weighted by molar-refractivity contribution is 0.0807. The number of benzene rings is 2. The van der Waals surface area contributed by atoms with Crippen molar-refractivity contribution in [3.05, 3.63) is 58.9 Å². The van der Waals surface area contributed by atoms with Gasteiger partial charge >= 0.3 is 0 Å². The molecule has 0 fully saturated rings. The van der Waals surface area contributed by atoms with Crippen molar-refractivity contribution >= 4 is 26.7 Å². The minimum absolute atomic E-state index is 0.211. The van der Waals surface area contributed by atoms with Gasteiger partial charge in [0, 0.05) is 10.0 Å². The Balaban J connectivity index is 1.52. The first kappa shape index (κ1) is 15.0. The normalized spacial score (nSPS) is 11.2. The number of nitrogens with zero attached hydrogens (tertiary/aromatic N) is 4. The number of rotatable bonds is 5. The molecule has 0 saturated carbocycles. The molecule has 2 aromatic heterocycles. The first-order valence-electron chi connectivity index (χ1n) is 7.23. The number of halogens is 1. The maximum atomic E-state index is 5.47. The number of H-pyrrole nitrogens is 1. The molecule has 0 aliphatic carbocycles. The van der Waals surface area contributed by atoms with Crippen molar-refractivity contribution in [2.45, 2.75) is 13.2 Å². The minimum atomic E-state index is 0.211. The van der Waals surface area contributed by atoms with Gasteiger partial charge in [-0.3, -0.25) is 5.10 Å². The summed E-state index contributed by atoms with van der Waals surface area (Å²) in [4.78, 5) is 8.35. The fourth-order valence-electron chi connectivity index (χ4n) is 2.36. The van der Waals surface area contributed by atoms with Gasteiger partial charge in [0.2, 0.25) is 5.82 Å². The van der Waals surface area contributed by atoms with E-state index >= 15 is 0 Å². The first-order valence-corrected chi connectivity index (χ1v) is 8.02. The Hall–Kier alpha value is -2.58. The lowest BCUT2D eigenvalue weighted by Gasteiger charge is -2.03. The Bertz CT molecular complexity index is 968. The predicted octanol–water partition coefficient (Wildman–Crippen LogP) is 3.49. The van der Waals surface area contributed by atoms with Crippen LogP contribution in [0.4, 0.5) is 0 Å². The molecule has 2 heterocycles. The summed E-state index contributed by atoms with van der Waals surface area (Å²) in [7, 11) is 0. The van der Waals surface area contributed by atoms with Crippen LogP contribution in [-0.2, 0) is 18.0 Å². The highest BCUT2D eigenvalue weighted by atomic mass is 79.9. The summed E-state index contributed by atoms with van der Waals surface area (Å²) in [5.41, 5.74) is 0.880. The number of fused-ring (bicyclic) bond motifs is 1. The van der Waals surface area contributed by atoms with Crippen LogP contribution in [0.2, 0.25) is 0 Å². The Morgan fingerprint density at radius 3 is 2.96 bits per heavy atom. The van der Waals surface area contributed by atoms with Crippen LogP contribution >= 0.6 is 15.9 Å². The number of aromatic nitrogens is 5. The van der Waals surface area contributed by atoms with Gasteiger partial charge in [0.05, 0.1) is 0 Å². The quantitative estimate of drug-likeness (QED) is 0.565. The average Bonchev–Trinajstić information content (AvgIpc) is 3.27. The van der Waals surface area contributed by atoms with Crippen LogP contribution in [0.5, 0.6) is 0 Å². The molecule has 0 spiro atoms. The maximum Gasteiger partial charge on any atom is 0.252 e. The zero-order valence-electron chi connectivity index (χ0n) is 12.4. The summed E-state index contributed by atoms with van der Waals surface area (Å²) >= 11 is 3.59. The van der Waals surface area contributed by atoms with E-state index in [1.807, 2.05) is 30.3 Å². The molecule has 0 amide bonds. The molecule has 0 atom stereocenters. The molecular formula is C16H12BrN5O2. The summed E-state index contributed by atoms with van der Waals surface area (Å²) in [5.74, 6) is 1.58. The van der Waals surface area contributed by atoms with Crippen LogP contribution in [0.25, 0.3) is 22.2 Å². The Labute approximate surface area is 145 Å². The van der Waals surface area contributed by atoms with E-state index in [1.165, 1.54) is 6.33 Å². The van der Waals surface area contributed by atoms with Crippen LogP contribution in [0.1, 0.15) is 11.7 Å².